The topological polar surface area (TPSA) is 40.6 Å². The van der Waals surface area contributed by atoms with Gasteiger partial charge in [0.1, 0.15) is 0 Å². The maximum absolute atomic E-state index is 13.4. The molecule has 4 rings (SSSR count). The molecule has 0 radical (unpaired) electrons. The third kappa shape index (κ3) is 2.89. The zero-order chi connectivity index (χ0) is 19.1. The molecule has 138 valence electrons. The highest BCUT2D eigenvalue weighted by Crippen LogP contribution is 2.36. The number of benzene rings is 3. The third-order valence-electron chi connectivity index (χ3n) is 5.41. The monoisotopic (exact) mass is 380 g/mol. The van der Waals surface area contributed by atoms with Crippen molar-refractivity contribution in [1.29, 1.82) is 0 Å². The molecule has 3 aromatic rings. The van der Waals surface area contributed by atoms with E-state index in [0.29, 0.717) is 29.2 Å². The van der Waals surface area contributed by atoms with Crippen LogP contribution >= 0.6 is 11.6 Å². The Balaban J connectivity index is 1.91. The first-order valence-electron chi connectivity index (χ1n) is 9.28. The van der Waals surface area contributed by atoms with E-state index in [1.165, 1.54) is 4.90 Å². The molecule has 1 aliphatic heterocycles. The fourth-order valence-electron chi connectivity index (χ4n) is 3.90. The molecular weight excluding hydrogens is 360 g/mol. The summed E-state index contributed by atoms with van der Waals surface area (Å²) in [4.78, 5) is 30.0. The molecule has 0 fully saturated rings. The van der Waals surface area contributed by atoms with Crippen LogP contribution in [-0.4, -0.2) is 47.8 Å². The van der Waals surface area contributed by atoms with Crippen molar-refractivity contribution < 1.29 is 9.59 Å². The first kappa shape index (κ1) is 18.0. The van der Waals surface area contributed by atoms with E-state index in [4.69, 9.17) is 11.6 Å². The number of rotatable bonds is 5. The normalized spacial score (nSPS) is 14.0. The summed E-state index contributed by atoms with van der Waals surface area (Å²) in [6.07, 6.45) is 0. The van der Waals surface area contributed by atoms with Gasteiger partial charge in [-0.25, -0.2) is 0 Å². The van der Waals surface area contributed by atoms with E-state index in [-0.39, 0.29) is 11.8 Å². The predicted octanol–water partition coefficient (Wildman–Crippen LogP) is 4.58. The highest BCUT2D eigenvalue weighted by molar-refractivity contribution is 6.33. The number of fused-ring (bicyclic) bond motifs is 2. The van der Waals surface area contributed by atoms with Crippen LogP contribution in [0.1, 0.15) is 34.6 Å². The number of carbonyl (C=O) groups is 2. The SMILES string of the molecule is CCN(CC)CCN1C(=O)c2cccc3cc4ccc(Cl)cc4c(c23)C1=O. The highest BCUT2D eigenvalue weighted by Gasteiger charge is 2.34. The molecule has 1 heterocycles. The minimum atomic E-state index is -0.233. The molecule has 27 heavy (non-hydrogen) atoms. The van der Waals surface area contributed by atoms with E-state index in [0.717, 1.165) is 34.6 Å². The van der Waals surface area contributed by atoms with E-state index >= 15 is 0 Å². The van der Waals surface area contributed by atoms with Crippen LogP contribution in [0, 0.1) is 0 Å². The van der Waals surface area contributed by atoms with Gasteiger partial charge < -0.3 is 4.90 Å². The molecule has 4 nitrogen and oxygen atoms in total. The predicted molar refractivity (Wildman–Crippen MR) is 110 cm³/mol. The van der Waals surface area contributed by atoms with Crippen molar-refractivity contribution in [2.45, 2.75) is 13.8 Å². The number of amides is 2. The molecule has 0 unspecified atom stereocenters. The van der Waals surface area contributed by atoms with Gasteiger partial charge in [0.05, 0.1) is 5.56 Å². The van der Waals surface area contributed by atoms with Crippen LogP contribution in [0.3, 0.4) is 0 Å². The van der Waals surface area contributed by atoms with Gasteiger partial charge in [0.25, 0.3) is 11.8 Å². The van der Waals surface area contributed by atoms with Crippen LogP contribution in [0.4, 0.5) is 0 Å². The summed E-state index contributed by atoms with van der Waals surface area (Å²) in [6.45, 7) is 6.98. The maximum Gasteiger partial charge on any atom is 0.262 e. The van der Waals surface area contributed by atoms with Crippen LogP contribution in [0.25, 0.3) is 21.5 Å². The van der Waals surface area contributed by atoms with Gasteiger partial charge in [-0.05, 0) is 53.5 Å². The number of nitrogens with zero attached hydrogens (tertiary/aromatic N) is 2. The van der Waals surface area contributed by atoms with Crippen molar-refractivity contribution in [1.82, 2.24) is 9.80 Å². The fraction of sp³-hybridized carbons (Fsp3) is 0.273. The van der Waals surface area contributed by atoms with Gasteiger partial charge >= 0.3 is 0 Å². The summed E-state index contributed by atoms with van der Waals surface area (Å²) in [5.74, 6) is -0.449. The van der Waals surface area contributed by atoms with Crippen LogP contribution in [0.5, 0.6) is 0 Å². The van der Waals surface area contributed by atoms with Gasteiger partial charge in [0, 0.05) is 29.1 Å². The number of halogens is 1. The van der Waals surface area contributed by atoms with Gasteiger partial charge in [0.15, 0.2) is 0 Å². The summed E-state index contributed by atoms with van der Waals surface area (Å²) >= 11 is 6.21. The molecule has 0 bridgehead atoms. The first-order valence-corrected chi connectivity index (χ1v) is 9.66. The summed E-state index contributed by atoms with van der Waals surface area (Å²) in [5.41, 5.74) is 1.17. The van der Waals surface area contributed by atoms with Gasteiger partial charge in [0.2, 0.25) is 0 Å². The van der Waals surface area contributed by atoms with Crippen LogP contribution in [-0.2, 0) is 0 Å². The Hall–Kier alpha value is -2.43. The lowest BCUT2D eigenvalue weighted by Crippen LogP contribution is -2.44. The zero-order valence-corrected chi connectivity index (χ0v) is 16.2. The quantitative estimate of drug-likeness (QED) is 0.480. The van der Waals surface area contributed by atoms with E-state index in [1.54, 1.807) is 6.07 Å². The smallest absolute Gasteiger partial charge is 0.262 e. The van der Waals surface area contributed by atoms with E-state index in [9.17, 15) is 9.59 Å². The lowest BCUT2D eigenvalue weighted by molar-refractivity contribution is 0.0596. The van der Waals surface area contributed by atoms with E-state index in [2.05, 4.69) is 18.7 Å². The second kappa shape index (κ2) is 6.95. The number of carbonyl (C=O) groups excluding carboxylic acids is 2. The van der Waals surface area contributed by atoms with E-state index in [1.807, 2.05) is 36.4 Å². The molecule has 5 heteroatoms. The molecular formula is C22H21ClN2O2. The number of hydrogen-bond acceptors (Lipinski definition) is 3. The van der Waals surface area contributed by atoms with Gasteiger partial charge in [-0.3, -0.25) is 14.5 Å². The highest BCUT2D eigenvalue weighted by atomic mass is 35.5. The Bertz CT molecular complexity index is 1070. The van der Waals surface area contributed by atoms with Crippen molar-refractivity contribution in [2.75, 3.05) is 26.2 Å². The fourth-order valence-corrected chi connectivity index (χ4v) is 4.07. The maximum atomic E-state index is 13.4. The molecule has 0 saturated carbocycles. The van der Waals surface area contributed by atoms with Crippen LogP contribution < -0.4 is 0 Å². The lowest BCUT2D eigenvalue weighted by atomic mass is 9.89. The molecule has 0 spiro atoms. The molecule has 0 atom stereocenters. The largest absolute Gasteiger partial charge is 0.302 e. The third-order valence-corrected chi connectivity index (χ3v) is 5.65. The van der Waals surface area contributed by atoms with E-state index < -0.39 is 0 Å². The summed E-state index contributed by atoms with van der Waals surface area (Å²) < 4.78 is 0. The van der Waals surface area contributed by atoms with Crippen molar-refractivity contribution in [3.05, 3.63) is 58.6 Å². The lowest BCUT2D eigenvalue weighted by Gasteiger charge is -2.30. The summed E-state index contributed by atoms with van der Waals surface area (Å²) in [6, 6.07) is 13.2. The number of hydrogen-bond donors (Lipinski definition) is 0. The second-order valence-electron chi connectivity index (χ2n) is 6.81. The van der Waals surface area contributed by atoms with Crippen molar-refractivity contribution in [2.24, 2.45) is 0 Å². The Morgan fingerprint density at radius 1 is 0.963 bits per heavy atom. The number of likely N-dealkylation sites (N-methyl/N-ethyl adjacent to an activating group) is 1. The van der Waals surface area contributed by atoms with Gasteiger partial charge in [-0.15, -0.1) is 0 Å². The molecule has 0 aliphatic carbocycles. The van der Waals surface area contributed by atoms with Crippen LogP contribution in [0.2, 0.25) is 5.02 Å². The standard InChI is InChI=1S/C22H21ClN2O2/c1-3-24(4-2)10-11-25-21(26)17-7-5-6-15-12-14-8-9-16(23)13-18(14)20(19(15)17)22(25)27/h5-9,12-13H,3-4,10-11H2,1-2H3. The van der Waals surface area contributed by atoms with Gasteiger partial charge in [-0.2, -0.15) is 0 Å². The van der Waals surface area contributed by atoms with Crippen LogP contribution in [0.15, 0.2) is 42.5 Å². The van der Waals surface area contributed by atoms with Gasteiger partial charge in [-0.1, -0.05) is 43.6 Å². The minimum Gasteiger partial charge on any atom is -0.302 e. The first-order chi connectivity index (χ1) is 13.0. The average Bonchev–Trinajstić information content (AvgIpc) is 2.67. The molecule has 1 aliphatic rings. The Morgan fingerprint density at radius 3 is 2.48 bits per heavy atom. The Kier molecular flexibility index (Phi) is 4.62. The van der Waals surface area contributed by atoms with Crippen molar-refractivity contribution >= 4 is 45.0 Å². The minimum absolute atomic E-state index is 0.216. The molecule has 0 N–H and O–H groups in total. The zero-order valence-electron chi connectivity index (χ0n) is 15.5. The Morgan fingerprint density at radius 2 is 1.74 bits per heavy atom. The van der Waals surface area contributed by atoms with Crippen molar-refractivity contribution in [3.8, 4) is 0 Å². The second-order valence-corrected chi connectivity index (χ2v) is 7.25. The average molecular weight is 381 g/mol. The molecule has 0 saturated heterocycles. The molecule has 0 aromatic heterocycles. The van der Waals surface area contributed by atoms with Crippen molar-refractivity contribution in [3.63, 3.8) is 0 Å². The Labute approximate surface area is 163 Å². The number of imide groups is 1. The molecule has 3 aromatic carbocycles. The summed E-state index contributed by atoms with van der Waals surface area (Å²) in [5, 5.41) is 3.97. The molecule has 2 amide bonds. The summed E-state index contributed by atoms with van der Waals surface area (Å²) in [7, 11) is 0.